The van der Waals surface area contributed by atoms with Crippen molar-refractivity contribution in [1.29, 1.82) is 0 Å². The number of aliphatic hydroxyl groups excluding tert-OH is 1. The van der Waals surface area contributed by atoms with Crippen molar-refractivity contribution in [2.45, 2.75) is 128 Å². The molecule has 6 fully saturated rings. The molecule has 12 atom stereocenters. The van der Waals surface area contributed by atoms with E-state index in [0.717, 1.165) is 64.3 Å². The summed E-state index contributed by atoms with van der Waals surface area (Å²) in [5.74, 6) is 0.792. The minimum absolute atomic E-state index is 0.00180. The first-order chi connectivity index (χ1) is 16.4. The molecule has 0 amide bonds. The number of hydrogen-bond acceptors (Lipinski definition) is 4. The lowest BCUT2D eigenvalue weighted by Gasteiger charge is -2.60. The molecular weight excluding hydrogens is 441 g/mol. The average Bonchev–Trinajstić information content (AvgIpc) is 3.21. The summed E-state index contributed by atoms with van der Waals surface area (Å²) in [5, 5.41) is 23.0. The van der Waals surface area contributed by atoms with Crippen molar-refractivity contribution in [1.82, 2.24) is 5.06 Å². The van der Waals surface area contributed by atoms with Gasteiger partial charge in [0.1, 0.15) is 5.67 Å². The zero-order valence-electron chi connectivity index (χ0n) is 22.4. The van der Waals surface area contributed by atoms with Crippen molar-refractivity contribution >= 4 is 0 Å². The van der Waals surface area contributed by atoms with Crippen LogP contribution in [0.5, 0.6) is 0 Å². The topological polar surface area (TPSA) is 52.9 Å². The van der Waals surface area contributed by atoms with Crippen molar-refractivity contribution in [3.05, 3.63) is 11.6 Å². The van der Waals surface area contributed by atoms with E-state index < -0.39 is 5.67 Å². The smallest absolute Gasteiger partial charge is 0.121 e. The van der Waals surface area contributed by atoms with Crippen LogP contribution >= 0.6 is 0 Å². The quantitative estimate of drug-likeness (QED) is 0.442. The number of hydroxylamine groups is 2. The van der Waals surface area contributed by atoms with E-state index in [1.165, 1.54) is 5.57 Å². The Morgan fingerprint density at radius 1 is 1.14 bits per heavy atom. The Morgan fingerprint density at radius 2 is 1.91 bits per heavy atom. The number of rotatable bonds is 1. The van der Waals surface area contributed by atoms with Gasteiger partial charge in [0.15, 0.2) is 0 Å². The van der Waals surface area contributed by atoms with Gasteiger partial charge in [0.05, 0.1) is 23.9 Å². The Hall–Kier alpha value is -0.490. The summed E-state index contributed by atoms with van der Waals surface area (Å²) in [7, 11) is 0. The lowest BCUT2D eigenvalue weighted by Crippen LogP contribution is -2.59. The van der Waals surface area contributed by atoms with Crippen LogP contribution in [0.3, 0.4) is 0 Å². The molecule has 4 saturated carbocycles. The lowest BCUT2D eigenvalue weighted by atomic mass is 9.45. The van der Waals surface area contributed by atoms with Crippen LogP contribution in [0.2, 0.25) is 0 Å². The number of aliphatic hydroxyl groups is 1. The van der Waals surface area contributed by atoms with E-state index in [0.29, 0.717) is 12.3 Å². The van der Waals surface area contributed by atoms with Gasteiger partial charge in [-0.25, -0.2) is 4.39 Å². The molecule has 5 aliphatic carbocycles. The zero-order valence-corrected chi connectivity index (χ0v) is 22.4. The minimum atomic E-state index is -1.14. The first-order valence-electron chi connectivity index (χ1n) is 14.7. The molecule has 2 saturated heterocycles. The van der Waals surface area contributed by atoms with E-state index in [4.69, 9.17) is 4.74 Å². The van der Waals surface area contributed by atoms with Gasteiger partial charge in [0.25, 0.3) is 0 Å². The first-order valence-corrected chi connectivity index (χ1v) is 14.7. The normalized spacial score (nSPS) is 63.0. The number of hydrogen-bond donors (Lipinski definition) is 2. The Bertz CT molecular complexity index is 987. The molecule has 2 N–H and O–H groups in total. The summed E-state index contributed by atoms with van der Waals surface area (Å²) in [6.45, 7) is 12.3. The molecule has 2 heterocycles. The number of nitrogens with zero attached hydrogens (tertiary/aromatic N) is 1. The van der Waals surface area contributed by atoms with Crippen LogP contribution < -0.4 is 0 Å². The maximum absolute atomic E-state index is 17.9. The molecule has 2 aliphatic heterocycles. The predicted octanol–water partition coefficient (Wildman–Crippen LogP) is 6.06. The monoisotopic (exact) mass is 487 g/mol. The van der Waals surface area contributed by atoms with E-state index >= 15 is 4.39 Å². The second kappa shape index (κ2) is 6.74. The van der Waals surface area contributed by atoms with Gasteiger partial charge < -0.3 is 15.1 Å². The maximum atomic E-state index is 17.9. The number of alkyl halides is 1. The molecule has 35 heavy (non-hydrogen) atoms. The standard InChI is InChI=1S/C30H46FNO3/c1-6-28-17-27-16-26(27,5)30(19(3)24-22(35-30)13-18(2)15-32(24)34)12-9-23(27)29(28,31)11-7-20-14-21(33)8-10-25(20,28)4/h14,18-19,21-24,33-34H,6-13,15-17H2,1-5H3/t18-,19+,21-,22+,23+,24-,25-,26?,27?,28+,29+,30+/m0/s1. The summed E-state index contributed by atoms with van der Waals surface area (Å²) in [6.07, 6.45) is 10.6. The maximum Gasteiger partial charge on any atom is 0.121 e. The van der Waals surface area contributed by atoms with Gasteiger partial charge in [-0.05, 0) is 86.9 Å². The zero-order chi connectivity index (χ0) is 24.8. The Balaban J connectivity index is 1.32. The van der Waals surface area contributed by atoms with Crippen molar-refractivity contribution < 1.29 is 19.4 Å². The molecule has 0 aromatic carbocycles. The minimum Gasteiger partial charge on any atom is -0.389 e. The van der Waals surface area contributed by atoms with Crippen LogP contribution in [-0.2, 0) is 4.74 Å². The molecule has 0 aromatic rings. The fraction of sp³-hybridized carbons (Fsp3) is 0.933. The van der Waals surface area contributed by atoms with Gasteiger partial charge >= 0.3 is 0 Å². The Labute approximate surface area is 210 Å². The van der Waals surface area contributed by atoms with Crippen molar-refractivity contribution in [2.24, 2.45) is 39.4 Å². The fourth-order valence-corrected chi connectivity index (χ4v) is 12.4. The third-order valence-electron chi connectivity index (χ3n) is 13.9. The number of allylic oxidation sites excluding steroid dienone is 1. The molecule has 2 unspecified atom stereocenters. The van der Waals surface area contributed by atoms with E-state index in [-0.39, 0.29) is 57.3 Å². The average molecular weight is 488 g/mol. The summed E-state index contributed by atoms with van der Waals surface area (Å²) < 4.78 is 25.0. The number of ether oxygens (including phenoxy) is 1. The molecule has 5 heteroatoms. The van der Waals surface area contributed by atoms with Gasteiger partial charge in [-0.3, -0.25) is 0 Å². The summed E-state index contributed by atoms with van der Waals surface area (Å²) in [4.78, 5) is 0. The largest absolute Gasteiger partial charge is 0.389 e. The molecule has 4 nitrogen and oxygen atoms in total. The third kappa shape index (κ3) is 2.33. The Morgan fingerprint density at radius 3 is 2.66 bits per heavy atom. The molecule has 7 aliphatic rings. The SMILES string of the molecule is CC[C@]12CC34CC3(C)[C@]3(CC[C@H]4[C@]1(F)CCC1=C[C@@H](O)CC[C@@]12C)O[C@@H]1C[C@H](C)CN(O)[C@H]1[C@H]3C. The second-order valence-electron chi connectivity index (χ2n) is 14.6. The van der Waals surface area contributed by atoms with Crippen molar-refractivity contribution in [3.63, 3.8) is 0 Å². The highest BCUT2D eigenvalue weighted by Gasteiger charge is 2.90. The van der Waals surface area contributed by atoms with Gasteiger partial charge in [-0.2, -0.15) is 5.06 Å². The molecule has 2 spiro atoms. The van der Waals surface area contributed by atoms with Crippen LogP contribution in [-0.4, -0.2) is 51.4 Å². The van der Waals surface area contributed by atoms with Gasteiger partial charge in [-0.15, -0.1) is 0 Å². The van der Waals surface area contributed by atoms with Crippen LogP contribution in [0.15, 0.2) is 11.6 Å². The van der Waals surface area contributed by atoms with E-state index in [1.807, 2.05) is 0 Å². The number of piperidine rings is 1. The van der Waals surface area contributed by atoms with Crippen LogP contribution in [0.4, 0.5) is 4.39 Å². The Kier molecular flexibility index (Phi) is 4.54. The first kappa shape index (κ1) is 23.6. The van der Waals surface area contributed by atoms with E-state index in [1.54, 1.807) is 5.06 Å². The van der Waals surface area contributed by atoms with Crippen LogP contribution in [0.25, 0.3) is 0 Å². The van der Waals surface area contributed by atoms with Crippen LogP contribution in [0.1, 0.15) is 98.8 Å². The molecule has 0 bridgehead atoms. The van der Waals surface area contributed by atoms with E-state index in [9.17, 15) is 10.3 Å². The van der Waals surface area contributed by atoms with E-state index in [2.05, 4.69) is 40.7 Å². The van der Waals surface area contributed by atoms with Gasteiger partial charge in [0.2, 0.25) is 0 Å². The van der Waals surface area contributed by atoms with Crippen molar-refractivity contribution in [3.8, 4) is 0 Å². The molecular formula is C30H46FNO3. The summed E-state index contributed by atoms with van der Waals surface area (Å²) >= 11 is 0. The highest BCUT2D eigenvalue weighted by atomic mass is 19.1. The number of fused-ring (bicyclic) bond motifs is 6. The summed E-state index contributed by atoms with van der Waals surface area (Å²) in [6, 6.07) is 0.0623. The molecule has 0 aromatic heterocycles. The summed E-state index contributed by atoms with van der Waals surface area (Å²) in [5.41, 5.74) is -0.615. The van der Waals surface area contributed by atoms with Crippen LogP contribution in [0, 0.1) is 39.4 Å². The predicted molar refractivity (Wildman–Crippen MR) is 133 cm³/mol. The molecule has 196 valence electrons. The lowest BCUT2D eigenvalue weighted by molar-refractivity contribution is -0.183. The van der Waals surface area contributed by atoms with Gasteiger partial charge in [-0.1, -0.05) is 46.3 Å². The molecule has 7 rings (SSSR count). The molecule has 0 radical (unpaired) electrons. The highest BCUT2D eigenvalue weighted by molar-refractivity contribution is 5.42. The third-order valence-corrected chi connectivity index (χ3v) is 13.9. The fourth-order valence-electron chi connectivity index (χ4n) is 12.4. The highest BCUT2D eigenvalue weighted by Crippen LogP contribution is 2.91. The van der Waals surface area contributed by atoms with Gasteiger partial charge in [0, 0.05) is 23.3 Å². The number of halogens is 1. The van der Waals surface area contributed by atoms with Crippen molar-refractivity contribution in [2.75, 3.05) is 6.54 Å². The second-order valence-corrected chi connectivity index (χ2v) is 14.6.